The van der Waals surface area contributed by atoms with Crippen LogP contribution in [0.15, 0.2) is 18.2 Å². The highest BCUT2D eigenvalue weighted by molar-refractivity contribution is 5.59. The molecule has 0 bridgehead atoms. The Labute approximate surface area is 88.4 Å². The molecule has 0 spiro atoms. The molecule has 3 nitrogen and oxygen atoms in total. The summed E-state index contributed by atoms with van der Waals surface area (Å²) >= 11 is 0. The molecule has 0 amide bonds. The fraction of sp³-hybridized carbons (Fsp3) is 0.364. The van der Waals surface area contributed by atoms with Crippen LogP contribution in [-0.4, -0.2) is 24.8 Å². The van der Waals surface area contributed by atoms with Crippen LogP contribution in [-0.2, 0) is 0 Å². The van der Waals surface area contributed by atoms with Crippen LogP contribution >= 0.6 is 0 Å². The van der Waals surface area contributed by atoms with E-state index in [4.69, 9.17) is 10.4 Å². The van der Waals surface area contributed by atoms with Crippen LogP contribution in [0.2, 0.25) is 0 Å². The van der Waals surface area contributed by atoms with E-state index in [1.54, 1.807) is 6.07 Å². The monoisotopic (exact) mass is 208 g/mol. The first-order chi connectivity index (χ1) is 7.22. The predicted molar refractivity (Wildman–Crippen MR) is 56.1 cm³/mol. The lowest BCUT2D eigenvalue weighted by Crippen LogP contribution is -2.26. The second-order valence-corrected chi connectivity index (χ2v) is 3.08. The normalized spacial score (nSPS) is 9.73. The highest BCUT2D eigenvalue weighted by Crippen LogP contribution is 2.20. The standard InChI is InChI=1S/C11H13FN2O/c1-2-14(5-6-15)11-4-3-10(12)7-9(11)8-13/h3-4,7,15H,2,5-6H2,1H3. The molecule has 0 atom stereocenters. The second-order valence-electron chi connectivity index (χ2n) is 3.08. The zero-order chi connectivity index (χ0) is 11.3. The van der Waals surface area contributed by atoms with Crippen molar-refractivity contribution in [1.82, 2.24) is 0 Å². The molecule has 0 aliphatic carbocycles. The van der Waals surface area contributed by atoms with Gasteiger partial charge < -0.3 is 10.0 Å². The number of hydrogen-bond donors (Lipinski definition) is 1. The molecule has 0 radical (unpaired) electrons. The van der Waals surface area contributed by atoms with Gasteiger partial charge in [-0.2, -0.15) is 5.26 Å². The van der Waals surface area contributed by atoms with Gasteiger partial charge in [0.05, 0.1) is 17.9 Å². The Hall–Kier alpha value is -1.60. The molecule has 0 aliphatic rings. The number of rotatable bonds is 4. The molecular formula is C11H13FN2O. The van der Waals surface area contributed by atoms with Crippen molar-refractivity contribution in [2.24, 2.45) is 0 Å². The molecule has 0 aliphatic heterocycles. The van der Waals surface area contributed by atoms with Crippen molar-refractivity contribution in [3.05, 3.63) is 29.6 Å². The molecule has 1 aromatic carbocycles. The van der Waals surface area contributed by atoms with Gasteiger partial charge in [0.15, 0.2) is 0 Å². The summed E-state index contributed by atoms with van der Waals surface area (Å²) in [4.78, 5) is 1.83. The lowest BCUT2D eigenvalue weighted by Gasteiger charge is -2.22. The first-order valence-corrected chi connectivity index (χ1v) is 4.78. The number of nitriles is 1. The predicted octanol–water partition coefficient (Wildman–Crippen LogP) is 1.52. The lowest BCUT2D eigenvalue weighted by molar-refractivity contribution is 0.302. The van der Waals surface area contributed by atoms with E-state index in [1.807, 2.05) is 17.9 Å². The molecule has 0 aromatic heterocycles. The minimum Gasteiger partial charge on any atom is -0.395 e. The van der Waals surface area contributed by atoms with Crippen LogP contribution in [0.1, 0.15) is 12.5 Å². The largest absolute Gasteiger partial charge is 0.395 e. The topological polar surface area (TPSA) is 47.3 Å². The highest BCUT2D eigenvalue weighted by Gasteiger charge is 2.09. The minimum absolute atomic E-state index is 0.0100. The minimum atomic E-state index is -0.421. The van der Waals surface area contributed by atoms with Crippen molar-refractivity contribution in [3.8, 4) is 6.07 Å². The van der Waals surface area contributed by atoms with E-state index >= 15 is 0 Å². The smallest absolute Gasteiger partial charge is 0.124 e. The van der Waals surface area contributed by atoms with Gasteiger partial charge in [0, 0.05) is 13.1 Å². The van der Waals surface area contributed by atoms with Crippen LogP contribution in [0.3, 0.4) is 0 Å². The van der Waals surface area contributed by atoms with E-state index in [-0.39, 0.29) is 6.61 Å². The van der Waals surface area contributed by atoms with Gasteiger partial charge >= 0.3 is 0 Å². The summed E-state index contributed by atoms with van der Waals surface area (Å²) in [5, 5.41) is 17.7. The van der Waals surface area contributed by atoms with Gasteiger partial charge in [-0.15, -0.1) is 0 Å². The van der Waals surface area contributed by atoms with E-state index in [0.29, 0.717) is 24.3 Å². The summed E-state index contributed by atoms with van der Waals surface area (Å²) in [6.45, 7) is 3.04. The van der Waals surface area contributed by atoms with Crippen LogP contribution in [0.5, 0.6) is 0 Å². The maximum absolute atomic E-state index is 12.9. The van der Waals surface area contributed by atoms with Crippen molar-refractivity contribution >= 4 is 5.69 Å². The Balaban J connectivity index is 3.06. The summed E-state index contributed by atoms with van der Waals surface area (Å²) in [5.74, 6) is -0.421. The Morgan fingerprint density at radius 2 is 2.27 bits per heavy atom. The van der Waals surface area contributed by atoms with Crippen molar-refractivity contribution in [3.63, 3.8) is 0 Å². The number of aliphatic hydroxyl groups excluding tert-OH is 1. The molecule has 0 saturated carbocycles. The maximum Gasteiger partial charge on any atom is 0.124 e. The van der Waals surface area contributed by atoms with Crippen molar-refractivity contribution in [1.29, 1.82) is 5.26 Å². The van der Waals surface area contributed by atoms with Gasteiger partial charge in [0.1, 0.15) is 11.9 Å². The van der Waals surface area contributed by atoms with Crippen molar-refractivity contribution in [2.75, 3.05) is 24.6 Å². The van der Waals surface area contributed by atoms with E-state index in [1.165, 1.54) is 12.1 Å². The molecule has 4 heteroatoms. The number of likely N-dealkylation sites (N-methyl/N-ethyl adjacent to an activating group) is 1. The quantitative estimate of drug-likeness (QED) is 0.816. The molecule has 0 unspecified atom stereocenters. The van der Waals surface area contributed by atoms with Gasteiger partial charge in [-0.05, 0) is 25.1 Å². The molecule has 1 N–H and O–H groups in total. The average Bonchev–Trinajstić information content (AvgIpc) is 2.26. The zero-order valence-electron chi connectivity index (χ0n) is 8.57. The third kappa shape index (κ3) is 2.67. The van der Waals surface area contributed by atoms with Gasteiger partial charge in [-0.1, -0.05) is 0 Å². The SMILES string of the molecule is CCN(CCO)c1ccc(F)cc1C#N. The molecule has 0 saturated heterocycles. The lowest BCUT2D eigenvalue weighted by atomic mass is 10.1. The maximum atomic E-state index is 12.9. The third-order valence-corrected chi connectivity index (χ3v) is 2.17. The van der Waals surface area contributed by atoms with Gasteiger partial charge in [-0.25, -0.2) is 4.39 Å². The number of halogens is 1. The molecule has 15 heavy (non-hydrogen) atoms. The van der Waals surface area contributed by atoms with Crippen molar-refractivity contribution in [2.45, 2.75) is 6.92 Å². The molecule has 80 valence electrons. The fourth-order valence-electron chi connectivity index (χ4n) is 1.44. The van der Waals surface area contributed by atoms with Crippen LogP contribution < -0.4 is 4.90 Å². The van der Waals surface area contributed by atoms with E-state index in [2.05, 4.69) is 0 Å². The summed E-state index contributed by atoms with van der Waals surface area (Å²) in [5.41, 5.74) is 0.959. The Bertz CT molecular complexity index is 373. The summed E-state index contributed by atoms with van der Waals surface area (Å²) in [6, 6.07) is 6.03. The average molecular weight is 208 g/mol. The first kappa shape index (κ1) is 11.5. The van der Waals surface area contributed by atoms with E-state index in [0.717, 1.165) is 0 Å². The van der Waals surface area contributed by atoms with E-state index < -0.39 is 5.82 Å². The Morgan fingerprint density at radius 1 is 1.53 bits per heavy atom. The van der Waals surface area contributed by atoms with Gasteiger partial charge in [0.2, 0.25) is 0 Å². The Morgan fingerprint density at radius 3 is 2.80 bits per heavy atom. The molecule has 0 heterocycles. The number of anilines is 1. The van der Waals surface area contributed by atoms with Crippen LogP contribution in [0.25, 0.3) is 0 Å². The fourth-order valence-corrected chi connectivity index (χ4v) is 1.44. The first-order valence-electron chi connectivity index (χ1n) is 4.78. The molecule has 1 rings (SSSR count). The van der Waals surface area contributed by atoms with Crippen LogP contribution in [0, 0.1) is 17.1 Å². The van der Waals surface area contributed by atoms with Gasteiger partial charge in [0.25, 0.3) is 0 Å². The molecule has 1 aromatic rings. The van der Waals surface area contributed by atoms with E-state index in [9.17, 15) is 4.39 Å². The molecular weight excluding hydrogens is 195 g/mol. The summed E-state index contributed by atoms with van der Waals surface area (Å²) in [7, 11) is 0. The molecule has 0 fully saturated rings. The highest BCUT2D eigenvalue weighted by atomic mass is 19.1. The zero-order valence-corrected chi connectivity index (χ0v) is 8.57. The number of hydrogen-bond acceptors (Lipinski definition) is 3. The van der Waals surface area contributed by atoms with Crippen LogP contribution in [0.4, 0.5) is 10.1 Å². The summed E-state index contributed by atoms with van der Waals surface area (Å²) in [6.07, 6.45) is 0. The number of nitrogens with zero attached hydrogens (tertiary/aromatic N) is 2. The third-order valence-electron chi connectivity index (χ3n) is 2.17. The Kier molecular flexibility index (Phi) is 4.07. The number of aliphatic hydroxyl groups is 1. The number of benzene rings is 1. The second kappa shape index (κ2) is 5.32. The summed E-state index contributed by atoms with van der Waals surface area (Å²) < 4.78 is 12.9. The van der Waals surface area contributed by atoms with Gasteiger partial charge in [-0.3, -0.25) is 0 Å². The van der Waals surface area contributed by atoms with Crippen molar-refractivity contribution < 1.29 is 9.50 Å².